The second-order valence-electron chi connectivity index (χ2n) is 8.08. The smallest absolute Gasteiger partial charge is 0.324 e. The van der Waals surface area contributed by atoms with E-state index in [0.717, 1.165) is 42.3 Å². The van der Waals surface area contributed by atoms with Crippen LogP contribution in [-0.2, 0) is 6.42 Å². The first-order chi connectivity index (χ1) is 14.7. The molecule has 7 nitrogen and oxygen atoms in total. The van der Waals surface area contributed by atoms with Crippen molar-refractivity contribution in [2.24, 2.45) is 17.6 Å². The zero-order chi connectivity index (χ0) is 20.7. The van der Waals surface area contributed by atoms with Gasteiger partial charge in [0.2, 0.25) is 0 Å². The molecule has 2 atom stereocenters. The number of anilines is 2. The molecule has 1 aliphatic heterocycles. The second-order valence-corrected chi connectivity index (χ2v) is 8.08. The zero-order valence-corrected chi connectivity index (χ0v) is 17.3. The van der Waals surface area contributed by atoms with E-state index in [0.29, 0.717) is 30.1 Å². The van der Waals surface area contributed by atoms with E-state index in [1.54, 1.807) is 12.4 Å². The van der Waals surface area contributed by atoms with E-state index < -0.39 is 0 Å². The number of aromatic nitrogens is 3. The summed E-state index contributed by atoms with van der Waals surface area (Å²) in [5.41, 5.74) is 11.7. The Morgan fingerprint density at radius 1 is 1.20 bits per heavy atom. The lowest BCUT2D eigenvalue weighted by Gasteiger charge is -2.21. The van der Waals surface area contributed by atoms with Crippen molar-refractivity contribution in [2.45, 2.75) is 13.3 Å². The van der Waals surface area contributed by atoms with Gasteiger partial charge in [0.15, 0.2) is 0 Å². The maximum atomic E-state index is 6.02. The Balaban J connectivity index is 1.62. The molecule has 2 unspecified atom stereocenters. The van der Waals surface area contributed by atoms with Crippen LogP contribution in [0.4, 0.5) is 11.5 Å². The van der Waals surface area contributed by atoms with Gasteiger partial charge in [-0.05, 0) is 47.7 Å². The highest BCUT2D eigenvalue weighted by Crippen LogP contribution is 2.46. The van der Waals surface area contributed by atoms with E-state index in [-0.39, 0.29) is 0 Å². The van der Waals surface area contributed by atoms with E-state index in [9.17, 15) is 0 Å². The molecule has 0 spiro atoms. The van der Waals surface area contributed by atoms with Gasteiger partial charge in [-0.3, -0.25) is 4.98 Å². The summed E-state index contributed by atoms with van der Waals surface area (Å²) in [7, 11) is 1.95. The van der Waals surface area contributed by atoms with Crippen LogP contribution in [0, 0.1) is 11.8 Å². The van der Waals surface area contributed by atoms with Crippen molar-refractivity contribution in [3.8, 4) is 22.9 Å². The minimum atomic E-state index is 0.361. The quantitative estimate of drug-likeness (QED) is 0.529. The first kappa shape index (κ1) is 18.8. The number of hydrogen-bond donors (Lipinski definition) is 2. The number of ether oxygens (including phenoxy) is 1. The number of nitrogens with zero attached hydrogens (tertiary/aromatic N) is 4. The number of nitrogens with one attached hydrogen (secondary N) is 1. The molecule has 1 saturated heterocycles. The molecular formula is C23H26N6O. The topological polar surface area (TPSA) is 89.2 Å². The highest BCUT2D eigenvalue weighted by Gasteiger charge is 2.35. The lowest BCUT2D eigenvalue weighted by Crippen LogP contribution is -2.24. The molecule has 5 rings (SSSR count). The fraction of sp³-hybridized carbons (Fsp3) is 0.348. The normalized spacial score (nSPS) is 19.5. The molecule has 0 radical (unpaired) electrons. The summed E-state index contributed by atoms with van der Waals surface area (Å²) in [6.07, 6.45) is 4.15. The van der Waals surface area contributed by atoms with Gasteiger partial charge in [-0.15, -0.1) is 0 Å². The van der Waals surface area contributed by atoms with Crippen molar-refractivity contribution in [2.75, 3.05) is 36.9 Å². The molecule has 7 heteroatoms. The van der Waals surface area contributed by atoms with E-state index in [1.807, 2.05) is 19.2 Å². The maximum absolute atomic E-state index is 6.02. The summed E-state index contributed by atoms with van der Waals surface area (Å²) in [5.74, 6) is 2.55. The minimum absolute atomic E-state index is 0.361. The van der Waals surface area contributed by atoms with E-state index in [1.165, 1.54) is 11.1 Å². The number of benzene rings is 1. The summed E-state index contributed by atoms with van der Waals surface area (Å²) in [6.45, 7) is 4.77. The van der Waals surface area contributed by atoms with E-state index >= 15 is 0 Å². The minimum Gasteiger partial charge on any atom is -0.423 e. The summed E-state index contributed by atoms with van der Waals surface area (Å²) in [5, 5.41) is 3.31. The van der Waals surface area contributed by atoms with Gasteiger partial charge in [0.05, 0.1) is 11.9 Å². The molecule has 2 aliphatic rings. The third-order valence-electron chi connectivity index (χ3n) is 6.22. The third kappa shape index (κ3) is 3.15. The predicted octanol–water partition coefficient (Wildman–Crippen LogP) is 3.31. The fourth-order valence-electron chi connectivity index (χ4n) is 4.59. The Morgan fingerprint density at radius 2 is 2.10 bits per heavy atom. The van der Waals surface area contributed by atoms with Gasteiger partial charge in [0, 0.05) is 44.0 Å². The summed E-state index contributed by atoms with van der Waals surface area (Å²) < 4.78 is 5.99. The number of nitrogens with two attached hydrogens (primary N) is 1. The van der Waals surface area contributed by atoms with Crippen LogP contribution >= 0.6 is 0 Å². The van der Waals surface area contributed by atoms with Crippen molar-refractivity contribution in [3.63, 3.8) is 0 Å². The van der Waals surface area contributed by atoms with Crippen LogP contribution in [0.25, 0.3) is 11.1 Å². The van der Waals surface area contributed by atoms with Crippen molar-refractivity contribution in [1.82, 2.24) is 15.0 Å². The number of fused-ring (bicyclic) bond motifs is 3. The molecule has 0 saturated carbocycles. The molecule has 0 amide bonds. The van der Waals surface area contributed by atoms with Crippen LogP contribution in [0.3, 0.4) is 0 Å². The number of rotatable bonds is 5. The van der Waals surface area contributed by atoms with Gasteiger partial charge in [0.25, 0.3) is 0 Å². The molecule has 3 N–H and O–H groups in total. The molecule has 1 fully saturated rings. The van der Waals surface area contributed by atoms with Gasteiger partial charge in [-0.25, -0.2) is 0 Å². The first-order valence-electron chi connectivity index (χ1n) is 10.4. The molecule has 1 aliphatic carbocycles. The summed E-state index contributed by atoms with van der Waals surface area (Å²) >= 11 is 0. The second kappa shape index (κ2) is 7.57. The average Bonchev–Trinajstić information content (AvgIpc) is 3.33. The lowest BCUT2D eigenvalue weighted by atomic mass is 9.99. The Hall–Kier alpha value is -3.19. The van der Waals surface area contributed by atoms with Crippen LogP contribution in [0.5, 0.6) is 11.8 Å². The van der Waals surface area contributed by atoms with Gasteiger partial charge in [0.1, 0.15) is 11.6 Å². The van der Waals surface area contributed by atoms with E-state index in [2.05, 4.69) is 40.3 Å². The SMILES string of the molecule is CNc1cccc2c1Cc1nc(Oc3cccnc3)nc(N3CC(C)C(CN)C3)c1-2. The number of pyridine rings is 1. The highest BCUT2D eigenvalue weighted by molar-refractivity contribution is 5.88. The van der Waals surface area contributed by atoms with Crippen LogP contribution < -0.4 is 20.7 Å². The van der Waals surface area contributed by atoms with Crippen LogP contribution in [-0.4, -0.2) is 41.6 Å². The number of hydrogen-bond acceptors (Lipinski definition) is 7. The third-order valence-corrected chi connectivity index (χ3v) is 6.22. The molecule has 2 aromatic heterocycles. The Kier molecular flexibility index (Phi) is 4.75. The standard InChI is InChI=1S/C23H26N6O/c1-14-12-29(13-15(14)10-24)22-21-17-6-3-7-19(25-2)18(17)9-20(21)27-23(28-22)30-16-5-4-8-26-11-16/h3-8,11,14-15,25H,9-10,12-13,24H2,1-2H3. The highest BCUT2D eigenvalue weighted by atomic mass is 16.5. The zero-order valence-electron chi connectivity index (χ0n) is 17.3. The van der Waals surface area contributed by atoms with Crippen LogP contribution in [0.2, 0.25) is 0 Å². The summed E-state index contributed by atoms with van der Waals surface area (Å²) in [4.78, 5) is 16.1. The molecule has 1 aromatic carbocycles. The Bertz CT molecular complexity index is 1070. The van der Waals surface area contributed by atoms with E-state index in [4.69, 9.17) is 20.4 Å². The Morgan fingerprint density at radius 3 is 2.83 bits per heavy atom. The predicted molar refractivity (Wildman–Crippen MR) is 118 cm³/mol. The molecule has 3 aromatic rings. The van der Waals surface area contributed by atoms with Gasteiger partial charge in [-0.1, -0.05) is 19.1 Å². The summed E-state index contributed by atoms with van der Waals surface area (Å²) in [6, 6.07) is 10.4. The van der Waals surface area contributed by atoms with Crippen LogP contribution in [0.1, 0.15) is 18.2 Å². The van der Waals surface area contributed by atoms with Gasteiger partial charge < -0.3 is 20.7 Å². The monoisotopic (exact) mass is 402 g/mol. The molecule has 154 valence electrons. The van der Waals surface area contributed by atoms with Crippen molar-refractivity contribution >= 4 is 11.5 Å². The van der Waals surface area contributed by atoms with Gasteiger partial charge in [-0.2, -0.15) is 9.97 Å². The average molecular weight is 403 g/mol. The van der Waals surface area contributed by atoms with Crippen molar-refractivity contribution in [3.05, 3.63) is 54.0 Å². The van der Waals surface area contributed by atoms with Crippen molar-refractivity contribution < 1.29 is 4.74 Å². The first-order valence-corrected chi connectivity index (χ1v) is 10.4. The lowest BCUT2D eigenvalue weighted by molar-refractivity contribution is 0.438. The van der Waals surface area contributed by atoms with Crippen LogP contribution in [0.15, 0.2) is 42.7 Å². The Labute approximate surface area is 176 Å². The fourth-order valence-corrected chi connectivity index (χ4v) is 4.59. The molecular weight excluding hydrogens is 376 g/mol. The maximum Gasteiger partial charge on any atom is 0.324 e. The molecule has 3 heterocycles. The molecule has 0 bridgehead atoms. The van der Waals surface area contributed by atoms with Crippen molar-refractivity contribution in [1.29, 1.82) is 0 Å². The molecule has 30 heavy (non-hydrogen) atoms. The van der Waals surface area contributed by atoms with Gasteiger partial charge >= 0.3 is 6.01 Å². The largest absolute Gasteiger partial charge is 0.423 e.